The van der Waals surface area contributed by atoms with Crippen LogP contribution < -0.4 is 5.32 Å². The molecule has 2 nitrogen and oxygen atoms in total. The van der Waals surface area contributed by atoms with Crippen LogP contribution in [0.1, 0.15) is 10.4 Å². The molecule has 1 aromatic carbocycles. The van der Waals surface area contributed by atoms with Gasteiger partial charge in [-0.25, -0.2) is 4.39 Å². The van der Waals surface area contributed by atoms with Crippen LogP contribution in [0.5, 0.6) is 0 Å². The van der Waals surface area contributed by atoms with Gasteiger partial charge in [0.15, 0.2) is 0 Å². The van der Waals surface area contributed by atoms with Crippen LogP contribution in [0.4, 0.5) is 4.39 Å². The summed E-state index contributed by atoms with van der Waals surface area (Å²) in [6.45, 7) is 0.524. The van der Waals surface area contributed by atoms with Crippen LogP contribution in [0.3, 0.4) is 0 Å². The molecule has 1 amide bonds. The van der Waals surface area contributed by atoms with E-state index in [1.165, 1.54) is 12.1 Å². The molecule has 76 valence electrons. The van der Waals surface area contributed by atoms with Crippen LogP contribution >= 0.6 is 31.9 Å². The van der Waals surface area contributed by atoms with Gasteiger partial charge in [0.2, 0.25) is 0 Å². The van der Waals surface area contributed by atoms with Gasteiger partial charge in [0.05, 0.1) is 4.47 Å². The molecule has 0 heterocycles. The lowest BCUT2D eigenvalue weighted by Gasteiger charge is -2.03. The largest absolute Gasteiger partial charge is 0.351 e. The maximum absolute atomic E-state index is 13.0. The second kappa shape index (κ2) is 5.46. The Morgan fingerprint density at radius 1 is 1.50 bits per heavy atom. The van der Waals surface area contributed by atoms with Crippen molar-refractivity contribution in [3.8, 4) is 0 Å². The summed E-state index contributed by atoms with van der Waals surface area (Å²) in [5.74, 6) is -0.702. The van der Waals surface area contributed by atoms with Gasteiger partial charge in [0.1, 0.15) is 5.82 Å². The van der Waals surface area contributed by atoms with Crippen LogP contribution in [0, 0.1) is 5.82 Å². The molecule has 5 heteroatoms. The molecule has 0 aromatic heterocycles. The van der Waals surface area contributed by atoms with Gasteiger partial charge in [0, 0.05) is 17.4 Å². The topological polar surface area (TPSA) is 29.1 Å². The number of carbonyl (C=O) groups is 1. The predicted molar refractivity (Wildman–Crippen MR) is 60.2 cm³/mol. The second-order valence-corrected chi connectivity index (χ2v) is 4.22. The molecule has 1 N–H and O–H groups in total. The number of rotatable bonds is 3. The monoisotopic (exact) mass is 323 g/mol. The number of hydrogen-bond acceptors (Lipinski definition) is 1. The Hall–Kier alpha value is -0.420. The van der Waals surface area contributed by atoms with Crippen molar-refractivity contribution in [2.45, 2.75) is 0 Å². The first-order valence-electron chi connectivity index (χ1n) is 3.94. The first-order chi connectivity index (χ1) is 6.65. The standard InChI is InChI=1S/C9H8Br2FNO/c10-3-4-13-9(14)6-1-2-7(11)8(12)5-6/h1-2,5H,3-4H2,(H,13,14). The lowest BCUT2D eigenvalue weighted by Crippen LogP contribution is -2.25. The summed E-state index contributed by atoms with van der Waals surface area (Å²) < 4.78 is 13.4. The number of halogens is 3. The molecule has 0 aliphatic rings. The summed E-state index contributed by atoms with van der Waals surface area (Å²) in [6, 6.07) is 4.28. The minimum absolute atomic E-state index is 0.268. The molecule has 1 rings (SSSR count). The van der Waals surface area contributed by atoms with E-state index in [4.69, 9.17) is 0 Å². The Morgan fingerprint density at radius 3 is 2.79 bits per heavy atom. The zero-order valence-electron chi connectivity index (χ0n) is 7.19. The second-order valence-electron chi connectivity index (χ2n) is 2.57. The van der Waals surface area contributed by atoms with Crippen molar-refractivity contribution >= 4 is 37.8 Å². The molecule has 0 saturated carbocycles. The quantitative estimate of drug-likeness (QED) is 0.851. The highest BCUT2D eigenvalue weighted by Crippen LogP contribution is 2.16. The average molecular weight is 325 g/mol. The van der Waals surface area contributed by atoms with E-state index in [-0.39, 0.29) is 5.91 Å². The van der Waals surface area contributed by atoms with Crippen molar-refractivity contribution in [2.75, 3.05) is 11.9 Å². The van der Waals surface area contributed by atoms with Crippen molar-refractivity contribution < 1.29 is 9.18 Å². The highest BCUT2D eigenvalue weighted by atomic mass is 79.9. The fraction of sp³-hybridized carbons (Fsp3) is 0.222. The van der Waals surface area contributed by atoms with Crippen LogP contribution in [-0.2, 0) is 0 Å². The highest BCUT2D eigenvalue weighted by Gasteiger charge is 2.07. The average Bonchev–Trinajstić information content (AvgIpc) is 2.18. The predicted octanol–water partition coefficient (Wildman–Crippen LogP) is 2.71. The number of carbonyl (C=O) groups excluding carboxylic acids is 1. The Kier molecular flexibility index (Phi) is 4.54. The Labute approximate surface area is 98.1 Å². The van der Waals surface area contributed by atoms with Gasteiger partial charge in [-0.15, -0.1) is 0 Å². The van der Waals surface area contributed by atoms with E-state index in [1.807, 2.05) is 0 Å². The summed E-state index contributed by atoms with van der Waals surface area (Å²) in [7, 11) is 0. The van der Waals surface area contributed by atoms with Crippen molar-refractivity contribution in [1.82, 2.24) is 5.32 Å². The summed E-state index contributed by atoms with van der Waals surface area (Å²) in [6.07, 6.45) is 0. The molecule has 1 aromatic rings. The van der Waals surface area contributed by atoms with E-state index in [9.17, 15) is 9.18 Å². The molecule has 0 fully saturated rings. The molecule has 0 spiro atoms. The normalized spacial score (nSPS) is 9.93. The van der Waals surface area contributed by atoms with E-state index >= 15 is 0 Å². The van der Waals surface area contributed by atoms with Gasteiger partial charge in [-0.3, -0.25) is 4.79 Å². The SMILES string of the molecule is O=C(NCCBr)c1ccc(Br)c(F)c1. The number of alkyl halides is 1. The van der Waals surface area contributed by atoms with Gasteiger partial charge in [-0.1, -0.05) is 15.9 Å². The van der Waals surface area contributed by atoms with Gasteiger partial charge < -0.3 is 5.32 Å². The fourth-order valence-electron chi connectivity index (χ4n) is 0.900. The first kappa shape index (κ1) is 11.7. The van der Waals surface area contributed by atoms with E-state index in [1.54, 1.807) is 6.07 Å². The van der Waals surface area contributed by atoms with Gasteiger partial charge in [-0.05, 0) is 34.1 Å². The molecule has 14 heavy (non-hydrogen) atoms. The Bertz CT molecular complexity index is 344. The molecule has 0 aliphatic carbocycles. The molecule has 0 atom stereocenters. The maximum atomic E-state index is 13.0. The van der Waals surface area contributed by atoms with E-state index in [2.05, 4.69) is 37.2 Å². The summed E-state index contributed by atoms with van der Waals surface area (Å²) in [5.41, 5.74) is 0.326. The number of benzene rings is 1. The van der Waals surface area contributed by atoms with Crippen molar-refractivity contribution in [2.24, 2.45) is 0 Å². The number of amides is 1. The summed E-state index contributed by atoms with van der Waals surface area (Å²) >= 11 is 6.20. The molecular formula is C9H8Br2FNO. The maximum Gasteiger partial charge on any atom is 0.251 e. The molecule has 0 aliphatic heterocycles. The van der Waals surface area contributed by atoms with E-state index < -0.39 is 5.82 Å². The van der Waals surface area contributed by atoms with Gasteiger partial charge in [-0.2, -0.15) is 0 Å². The first-order valence-corrected chi connectivity index (χ1v) is 5.86. The zero-order valence-corrected chi connectivity index (χ0v) is 10.4. The van der Waals surface area contributed by atoms with Crippen LogP contribution in [0.15, 0.2) is 22.7 Å². The van der Waals surface area contributed by atoms with Crippen LogP contribution in [-0.4, -0.2) is 17.8 Å². The molecule has 0 radical (unpaired) electrons. The lowest BCUT2D eigenvalue weighted by molar-refractivity contribution is 0.0956. The smallest absolute Gasteiger partial charge is 0.251 e. The fourth-order valence-corrected chi connectivity index (χ4v) is 1.35. The summed E-state index contributed by atoms with van der Waals surface area (Å²) in [4.78, 5) is 11.4. The minimum Gasteiger partial charge on any atom is -0.351 e. The zero-order chi connectivity index (χ0) is 10.6. The van der Waals surface area contributed by atoms with Crippen molar-refractivity contribution in [1.29, 1.82) is 0 Å². The van der Waals surface area contributed by atoms with Gasteiger partial charge >= 0.3 is 0 Å². The van der Waals surface area contributed by atoms with Crippen LogP contribution in [0.25, 0.3) is 0 Å². The molecule has 0 unspecified atom stereocenters. The van der Waals surface area contributed by atoms with Crippen molar-refractivity contribution in [3.05, 3.63) is 34.1 Å². The minimum atomic E-state index is -0.434. The molecule has 0 bridgehead atoms. The molecule has 0 saturated heterocycles. The lowest BCUT2D eigenvalue weighted by atomic mass is 10.2. The van der Waals surface area contributed by atoms with Crippen LogP contribution in [0.2, 0.25) is 0 Å². The number of hydrogen-bond donors (Lipinski definition) is 1. The highest BCUT2D eigenvalue weighted by molar-refractivity contribution is 9.10. The van der Waals surface area contributed by atoms with Gasteiger partial charge in [0.25, 0.3) is 5.91 Å². The Balaban J connectivity index is 2.76. The molecular weight excluding hydrogens is 317 g/mol. The summed E-state index contributed by atoms with van der Waals surface area (Å²) in [5, 5.41) is 3.31. The third-order valence-electron chi connectivity index (χ3n) is 1.56. The third kappa shape index (κ3) is 3.06. The van der Waals surface area contributed by atoms with Crippen molar-refractivity contribution in [3.63, 3.8) is 0 Å². The number of nitrogens with one attached hydrogen (secondary N) is 1. The Morgan fingerprint density at radius 2 is 2.21 bits per heavy atom. The van der Waals surface area contributed by atoms with E-state index in [0.717, 1.165) is 0 Å². The third-order valence-corrected chi connectivity index (χ3v) is 2.60. The van der Waals surface area contributed by atoms with E-state index in [0.29, 0.717) is 21.9 Å².